The van der Waals surface area contributed by atoms with E-state index in [0.29, 0.717) is 13.0 Å². The highest BCUT2D eigenvalue weighted by Gasteiger charge is 2.33. The lowest BCUT2D eigenvalue weighted by atomic mass is 10.0. The van der Waals surface area contributed by atoms with Crippen molar-refractivity contribution in [2.45, 2.75) is 25.3 Å². The van der Waals surface area contributed by atoms with Crippen LogP contribution in [0.4, 0.5) is 5.69 Å². The largest absolute Gasteiger partial charge is 0.495 e. The van der Waals surface area contributed by atoms with Gasteiger partial charge in [-0.15, -0.1) is 0 Å². The second-order valence-electron chi connectivity index (χ2n) is 6.62. The number of carbonyl (C=O) groups excluding carboxylic acids is 2. The highest BCUT2D eigenvalue weighted by atomic mass is 16.5. The van der Waals surface area contributed by atoms with Crippen molar-refractivity contribution < 1.29 is 14.3 Å². The SMILES string of the molecule is COc1ccccc1N1CCC(NC(=O)C2CC(=O)N(C)C2)CC1. The molecular weight excluding hydrogens is 306 g/mol. The van der Waals surface area contributed by atoms with Crippen LogP contribution in [0.25, 0.3) is 0 Å². The summed E-state index contributed by atoms with van der Waals surface area (Å²) in [5.74, 6) is 0.756. The number of anilines is 1. The molecule has 0 spiro atoms. The molecule has 0 aliphatic carbocycles. The summed E-state index contributed by atoms with van der Waals surface area (Å²) in [5.41, 5.74) is 1.10. The number of benzene rings is 1. The van der Waals surface area contributed by atoms with Gasteiger partial charge in [0.05, 0.1) is 18.7 Å². The fourth-order valence-corrected chi connectivity index (χ4v) is 3.51. The van der Waals surface area contributed by atoms with Crippen LogP contribution in [0, 0.1) is 5.92 Å². The molecule has 2 saturated heterocycles. The van der Waals surface area contributed by atoms with Crippen LogP contribution in [0.5, 0.6) is 5.75 Å². The molecular formula is C18H25N3O3. The van der Waals surface area contributed by atoms with Crippen LogP contribution in [0.15, 0.2) is 24.3 Å². The average Bonchev–Trinajstić information content (AvgIpc) is 2.95. The Kier molecular flexibility index (Phi) is 4.92. The van der Waals surface area contributed by atoms with Gasteiger partial charge in [0.2, 0.25) is 11.8 Å². The van der Waals surface area contributed by atoms with Crippen molar-refractivity contribution in [1.29, 1.82) is 0 Å². The van der Waals surface area contributed by atoms with Gasteiger partial charge in [0.25, 0.3) is 0 Å². The molecule has 1 atom stereocenters. The number of amides is 2. The molecule has 1 N–H and O–H groups in total. The Balaban J connectivity index is 1.52. The van der Waals surface area contributed by atoms with E-state index in [-0.39, 0.29) is 23.8 Å². The highest BCUT2D eigenvalue weighted by molar-refractivity contribution is 5.89. The van der Waals surface area contributed by atoms with Gasteiger partial charge >= 0.3 is 0 Å². The summed E-state index contributed by atoms with van der Waals surface area (Å²) in [6.45, 7) is 2.30. The summed E-state index contributed by atoms with van der Waals surface area (Å²) >= 11 is 0. The molecule has 1 unspecified atom stereocenters. The Morgan fingerprint density at radius 2 is 1.96 bits per heavy atom. The number of ether oxygens (including phenoxy) is 1. The quantitative estimate of drug-likeness (QED) is 0.902. The van der Waals surface area contributed by atoms with Gasteiger partial charge < -0.3 is 19.9 Å². The van der Waals surface area contributed by atoms with Crippen molar-refractivity contribution in [1.82, 2.24) is 10.2 Å². The molecule has 2 amide bonds. The van der Waals surface area contributed by atoms with E-state index in [4.69, 9.17) is 4.74 Å². The Labute approximate surface area is 142 Å². The van der Waals surface area contributed by atoms with Crippen molar-refractivity contribution >= 4 is 17.5 Å². The zero-order valence-corrected chi connectivity index (χ0v) is 14.3. The van der Waals surface area contributed by atoms with Crippen molar-refractivity contribution in [3.63, 3.8) is 0 Å². The van der Waals surface area contributed by atoms with Gasteiger partial charge in [-0.1, -0.05) is 12.1 Å². The van der Waals surface area contributed by atoms with E-state index >= 15 is 0 Å². The molecule has 1 aromatic carbocycles. The zero-order valence-electron chi connectivity index (χ0n) is 14.3. The third kappa shape index (κ3) is 3.47. The number of methoxy groups -OCH3 is 1. The van der Waals surface area contributed by atoms with E-state index in [1.54, 1.807) is 19.1 Å². The molecule has 6 nitrogen and oxygen atoms in total. The normalized spacial score (nSPS) is 21.9. The van der Waals surface area contributed by atoms with Crippen LogP contribution in [0.2, 0.25) is 0 Å². The minimum absolute atomic E-state index is 0.0171. The number of carbonyl (C=O) groups is 2. The molecule has 3 rings (SSSR count). The van der Waals surface area contributed by atoms with Gasteiger partial charge in [0, 0.05) is 39.1 Å². The lowest BCUT2D eigenvalue weighted by Crippen LogP contribution is -2.46. The smallest absolute Gasteiger partial charge is 0.225 e. The minimum atomic E-state index is -0.199. The summed E-state index contributed by atoms with van der Waals surface area (Å²) in [5, 5.41) is 3.13. The number of likely N-dealkylation sites (tertiary alicyclic amines) is 1. The first-order valence-corrected chi connectivity index (χ1v) is 8.50. The summed E-state index contributed by atoms with van der Waals surface area (Å²) in [6, 6.07) is 8.20. The third-order valence-corrected chi connectivity index (χ3v) is 4.98. The Morgan fingerprint density at radius 1 is 1.25 bits per heavy atom. The third-order valence-electron chi connectivity index (χ3n) is 4.98. The maximum atomic E-state index is 12.3. The predicted molar refractivity (Wildman–Crippen MR) is 92.1 cm³/mol. The molecule has 2 heterocycles. The Bertz CT molecular complexity index is 611. The molecule has 130 valence electrons. The van der Waals surface area contributed by atoms with Gasteiger partial charge in [0.1, 0.15) is 5.75 Å². The fraction of sp³-hybridized carbons (Fsp3) is 0.556. The molecule has 24 heavy (non-hydrogen) atoms. The van der Waals surface area contributed by atoms with Crippen LogP contribution in [0.3, 0.4) is 0 Å². The molecule has 0 bridgehead atoms. The second kappa shape index (κ2) is 7.11. The summed E-state index contributed by atoms with van der Waals surface area (Å²) in [4.78, 5) is 27.8. The van der Waals surface area contributed by atoms with E-state index in [1.165, 1.54) is 0 Å². The zero-order chi connectivity index (χ0) is 17.1. The van der Waals surface area contributed by atoms with Crippen LogP contribution in [-0.4, -0.2) is 56.5 Å². The minimum Gasteiger partial charge on any atom is -0.495 e. The molecule has 0 radical (unpaired) electrons. The van der Waals surface area contributed by atoms with Gasteiger partial charge in [-0.25, -0.2) is 0 Å². The number of hydrogen-bond donors (Lipinski definition) is 1. The number of rotatable bonds is 4. The first kappa shape index (κ1) is 16.6. The topological polar surface area (TPSA) is 61.9 Å². The Hall–Kier alpha value is -2.24. The number of hydrogen-bond acceptors (Lipinski definition) is 4. The first-order valence-electron chi connectivity index (χ1n) is 8.50. The van der Waals surface area contributed by atoms with Gasteiger partial charge in [0.15, 0.2) is 0 Å². The standard InChI is InChI=1S/C18H25N3O3/c1-20-12-13(11-17(20)22)18(23)19-14-7-9-21(10-8-14)15-5-3-4-6-16(15)24-2/h3-6,13-14H,7-12H2,1-2H3,(H,19,23). The van der Waals surface area contributed by atoms with Crippen molar-refractivity contribution in [3.8, 4) is 5.75 Å². The van der Waals surface area contributed by atoms with Gasteiger partial charge in [-0.2, -0.15) is 0 Å². The van der Waals surface area contributed by atoms with Crippen LogP contribution < -0.4 is 15.0 Å². The summed E-state index contributed by atoms with van der Waals surface area (Å²) < 4.78 is 5.43. The van der Waals surface area contributed by atoms with Crippen molar-refractivity contribution in [3.05, 3.63) is 24.3 Å². The molecule has 0 aromatic heterocycles. The van der Waals surface area contributed by atoms with E-state index in [9.17, 15) is 9.59 Å². The molecule has 0 saturated carbocycles. The van der Waals surface area contributed by atoms with Crippen LogP contribution in [-0.2, 0) is 9.59 Å². The van der Waals surface area contributed by atoms with E-state index in [0.717, 1.165) is 37.4 Å². The second-order valence-corrected chi connectivity index (χ2v) is 6.62. The number of nitrogens with one attached hydrogen (secondary N) is 1. The molecule has 1 aromatic rings. The summed E-state index contributed by atoms with van der Waals surface area (Å²) in [7, 11) is 3.44. The van der Waals surface area contributed by atoms with Gasteiger partial charge in [-0.05, 0) is 25.0 Å². The van der Waals surface area contributed by atoms with Crippen molar-refractivity contribution in [2.24, 2.45) is 5.92 Å². The number of piperidine rings is 1. The van der Waals surface area contributed by atoms with E-state index in [1.807, 2.05) is 18.2 Å². The lowest BCUT2D eigenvalue weighted by Gasteiger charge is -2.35. The van der Waals surface area contributed by atoms with Gasteiger partial charge in [-0.3, -0.25) is 9.59 Å². The number of para-hydroxylation sites is 2. The maximum Gasteiger partial charge on any atom is 0.225 e. The molecule has 6 heteroatoms. The first-order chi connectivity index (χ1) is 11.6. The van der Waals surface area contributed by atoms with Crippen LogP contribution >= 0.6 is 0 Å². The molecule has 2 aliphatic heterocycles. The van der Waals surface area contributed by atoms with E-state index < -0.39 is 0 Å². The number of nitrogens with zero attached hydrogens (tertiary/aromatic N) is 2. The fourth-order valence-electron chi connectivity index (χ4n) is 3.51. The molecule has 2 fully saturated rings. The maximum absolute atomic E-state index is 12.3. The predicted octanol–water partition coefficient (Wildman–Crippen LogP) is 1.26. The van der Waals surface area contributed by atoms with Crippen molar-refractivity contribution in [2.75, 3.05) is 38.7 Å². The highest BCUT2D eigenvalue weighted by Crippen LogP contribution is 2.30. The average molecular weight is 331 g/mol. The lowest BCUT2D eigenvalue weighted by molar-refractivity contribution is -0.128. The molecule has 2 aliphatic rings. The van der Waals surface area contributed by atoms with E-state index in [2.05, 4.69) is 16.3 Å². The summed E-state index contributed by atoms with van der Waals surface area (Å²) in [6.07, 6.45) is 2.14. The monoisotopic (exact) mass is 331 g/mol. The van der Waals surface area contributed by atoms with Crippen LogP contribution in [0.1, 0.15) is 19.3 Å². The Morgan fingerprint density at radius 3 is 2.58 bits per heavy atom.